The molecule has 1 amide bonds. The highest BCUT2D eigenvalue weighted by molar-refractivity contribution is 6.03. The topological polar surface area (TPSA) is 60.4 Å². The van der Waals surface area contributed by atoms with Gasteiger partial charge < -0.3 is 19.1 Å². The summed E-state index contributed by atoms with van der Waals surface area (Å²) in [6.45, 7) is 0.524. The molecule has 0 spiro atoms. The lowest BCUT2D eigenvalue weighted by molar-refractivity contribution is 0.0703. The first-order valence-corrected chi connectivity index (χ1v) is 8.41. The number of benzene rings is 2. The van der Waals surface area contributed by atoms with E-state index in [2.05, 4.69) is 11.1 Å². The molecule has 2 aliphatic heterocycles. The Labute approximate surface area is 152 Å². The van der Waals surface area contributed by atoms with E-state index in [9.17, 15) is 4.79 Å². The lowest BCUT2D eigenvalue weighted by atomic mass is 9.94. The molecule has 0 N–H and O–H groups in total. The van der Waals surface area contributed by atoms with Crippen LogP contribution in [0.15, 0.2) is 35.3 Å². The Morgan fingerprint density at radius 3 is 2.50 bits per heavy atom. The minimum absolute atomic E-state index is 0.0584. The van der Waals surface area contributed by atoms with Crippen molar-refractivity contribution >= 4 is 17.8 Å². The van der Waals surface area contributed by atoms with Gasteiger partial charge in [0.2, 0.25) is 0 Å². The first-order chi connectivity index (χ1) is 12.6. The van der Waals surface area contributed by atoms with Crippen molar-refractivity contribution < 1.29 is 19.0 Å². The van der Waals surface area contributed by atoms with Crippen molar-refractivity contribution in [2.45, 2.75) is 19.0 Å². The molecule has 134 valence electrons. The van der Waals surface area contributed by atoms with Gasteiger partial charge in [-0.1, -0.05) is 6.07 Å². The van der Waals surface area contributed by atoms with E-state index in [-0.39, 0.29) is 11.9 Å². The molecule has 0 unspecified atom stereocenters. The molecular formula is C20H20N2O4. The summed E-state index contributed by atoms with van der Waals surface area (Å²) in [6.07, 6.45) is 2.58. The minimum Gasteiger partial charge on any atom is -0.497 e. The van der Waals surface area contributed by atoms with E-state index in [1.807, 2.05) is 23.2 Å². The van der Waals surface area contributed by atoms with Crippen LogP contribution in [0.2, 0.25) is 0 Å². The fourth-order valence-corrected chi connectivity index (χ4v) is 3.53. The van der Waals surface area contributed by atoms with Crippen LogP contribution in [0.25, 0.3) is 0 Å². The van der Waals surface area contributed by atoms with Crippen molar-refractivity contribution in [3.8, 4) is 17.2 Å². The first kappa shape index (κ1) is 16.4. The zero-order chi connectivity index (χ0) is 18.3. The summed E-state index contributed by atoms with van der Waals surface area (Å²) in [5.74, 6) is 1.82. The van der Waals surface area contributed by atoms with Crippen LogP contribution in [0.3, 0.4) is 0 Å². The largest absolute Gasteiger partial charge is 0.497 e. The summed E-state index contributed by atoms with van der Waals surface area (Å²) in [6, 6.07) is 9.39. The Morgan fingerprint density at radius 1 is 1.00 bits per heavy atom. The van der Waals surface area contributed by atoms with Gasteiger partial charge in [-0.05, 0) is 35.7 Å². The molecule has 0 fully saturated rings. The summed E-state index contributed by atoms with van der Waals surface area (Å²) in [5, 5.41) is 0. The molecule has 2 aromatic carbocycles. The highest BCUT2D eigenvalue weighted by atomic mass is 16.5. The second-order valence-electron chi connectivity index (χ2n) is 6.34. The molecule has 2 aliphatic rings. The van der Waals surface area contributed by atoms with Crippen LogP contribution in [0.4, 0.5) is 5.69 Å². The molecule has 0 saturated heterocycles. The summed E-state index contributed by atoms with van der Waals surface area (Å²) in [7, 11) is 4.77. The van der Waals surface area contributed by atoms with E-state index in [0.29, 0.717) is 29.3 Å². The number of carbonyl (C=O) groups excluding carboxylic acids is 1. The van der Waals surface area contributed by atoms with Crippen molar-refractivity contribution in [3.05, 3.63) is 47.0 Å². The SMILES string of the molecule is COc1ccc2c(c1)CN1C(=O)c3cc(OC)c(OC)cc3N=C[C@@H]1C2. The van der Waals surface area contributed by atoms with Crippen LogP contribution in [-0.4, -0.2) is 44.4 Å². The van der Waals surface area contributed by atoms with Gasteiger partial charge in [-0.25, -0.2) is 0 Å². The van der Waals surface area contributed by atoms with Crippen LogP contribution < -0.4 is 14.2 Å². The number of rotatable bonds is 3. The van der Waals surface area contributed by atoms with E-state index >= 15 is 0 Å². The zero-order valence-electron chi connectivity index (χ0n) is 15.0. The Morgan fingerprint density at radius 2 is 1.77 bits per heavy atom. The molecule has 1 atom stereocenters. The van der Waals surface area contributed by atoms with Gasteiger partial charge in [0.1, 0.15) is 5.75 Å². The number of nitrogens with zero attached hydrogens (tertiary/aromatic N) is 2. The van der Waals surface area contributed by atoms with Gasteiger partial charge in [0.05, 0.1) is 38.6 Å². The Balaban J connectivity index is 1.76. The van der Waals surface area contributed by atoms with Crippen molar-refractivity contribution in [2.75, 3.05) is 21.3 Å². The third-order valence-corrected chi connectivity index (χ3v) is 4.96. The summed E-state index contributed by atoms with van der Waals surface area (Å²) in [4.78, 5) is 19.6. The molecule has 0 aliphatic carbocycles. The third-order valence-electron chi connectivity index (χ3n) is 4.96. The van der Waals surface area contributed by atoms with Gasteiger partial charge in [-0.3, -0.25) is 9.79 Å². The lowest BCUT2D eigenvalue weighted by Crippen LogP contribution is -2.44. The first-order valence-electron chi connectivity index (χ1n) is 8.41. The number of hydrogen-bond acceptors (Lipinski definition) is 5. The standard InChI is InChI=1S/C20H20N2O4/c1-24-15-5-4-12-6-14-10-21-17-9-19(26-3)18(25-2)8-16(17)20(23)22(14)11-13(12)7-15/h4-5,7-10,14H,6,11H2,1-3H3/t14-/m0/s1. The highest BCUT2D eigenvalue weighted by Gasteiger charge is 2.33. The smallest absolute Gasteiger partial charge is 0.257 e. The molecule has 0 saturated carbocycles. The second kappa shape index (κ2) is 6.37. The van der Waals surface area contributed by atoms with Crippen LogP contribution in [0.1, 0.15) is 21.5 Å². The fraction of sp³-hybridized carbons (Fsp3) is 0.300. The minimum atomic E-state index is -0.0761. The number of carbonyl (C=O) groups is 1. The molecule has 6 nitrogen and oxygen atoms in total. The molecule has 6 heteroatoms. The van der Waals surface area contributed by atoms with E-state index in [1.165, 1.54) is 5.56 Å². The summed E-state index contributed by atoms with van der Waals surface area (Å²) in [5.41, 5.74) is 3.44. The number of ether oxygens (including phenoxy) is 3. The molecule has 4 rings (SSSR count). The molecule has 0 aromatic heterocycles. The van der Waals surface area contributed by atoms with Gasteiger partial charge >= 0.3 is 0 Å². The Hall–Kier alpha value is -3.02. The van der Waals surface area contributed by atoms with Gasteiger partial charge in [-0.15, -0.1) is 0 Å². The second-order valence-corrected chi connectivity index (χ2v) is 6.34. The van der Waals surface area contributed by atoms with Crippen LogP contribution in [0.5, 0.6) is 17.2 Å². The molecule has 26 heavy (non-hydrogen) atoms. The quantitative estimate of drug-likeness (QED) is 0.852. The number of fused-ring (bicyclic) bond motifs is 3. The molecule has 2 aromatic rings. The normalized spacial score (nSPS) is 17.7. The van der Waals surface area contributed by atoms with Crippen molar-refractivity contribution in [3.63, 3.8) is 0 Å². The Kier molecular flexibility index (Phi) is 4.03. The van der Waals surface area contributed by atoms with E-state index in [4.69, 9.17) is 14.2 Å². The summed E-state index contributed by atoms with van der Waals surface area (Å²) >= 11 is 0. The van der Waals surface area contributed by atoms with Crippen LogP contribution in [0, 0.1) is 0 Å². The average Bonchev–Trinajstić information content (AvgIpc) is 2.81. The van der Waals surface area contributed by atoms with Crippen LogP contribution in [-0.2, 0) is 13.0 Å². The summed E-state index contributed by atoms with van der Waals surface area (Å²) < 4.78 is 16.0. The highest BCUT2D eigenvalue weighted by Crippen LogP contribution is 2.38. The predicted molar refractivity (Wildman–Crippen MR) is 98.1 cm³/mol. The maximum atomic E-state index is 13.2. The zero-order valence-corrected chi connectivity index (χ0v) is 15.0. The van der Waals surface area contributed by atoms with Gasteiger partial charge in [0.25, 0.3) is 5.91 Å². The number of methoxy groups -OCH3 is 3. The maximum Gasteiger partial charge on any atom is 0.257 e. The third kappa shape index (κ3) is 2.58. The van der Waals surface area contributed by atoms with Crippen molar-refractivity contribution in [1.82, 2.24) is 4.90 Å². The fourth-order valence-electron chi connectivity index (χ4n) is 3.53. The lowest BCUT2D eigenvalue weighted by Gasteiger charge is -2.34. The van der Waals surface area contributed by atoms with E-state index in [1.54, 1.807) is 33.5 Å². The van der Waals surface area contributed by atoms with E-state index < -0.39 is 0 Å². The number of amides is 1. The van der Waals surface area contributed by atoms with Crippen molar-refractivity contribution in [1.29, 1.82) is 0 Å². The molecule has 0 bridgehead atoms. The van der Waals surface area contributed by atoms with Gasteiger partial charge in [0, 0.05) is 18.8 Å². The Bertz CT molecular complexity index is 907. The predicted octanol–water partition coefficient (Wildman–Crippen LogP) is 3.00. The monoisotopic (exact) mass is 352 g/mol. The molecule has 0 radical (unpaired) electrons. The van der Waals surface area contributed by atoms with Gasteiger partial charge in [-0.2, -0.15) is 0 Å². The van der Waals surface area contributed by atoms with Gasteiger partial charge in [0.15, 0.2) is 11.5 Å². The van der Waals surface area contributed by atoms with Crippen molar-refractivity contribution in [2.24, 2.45) is 4.99 Å². The molecule has 2 heterocycles. The maximum absolute atomic E-state index is 13.2. The van der Waals surface area contributed by atoms with Crippen LogP contribution >= 0.6 is 0 Å². The average molecular weight is 352 g/mol. The molecular weight excluding hydrogens is 332 g/mol. The number of aliphatic imine (C=N–C) groups is 1. The number of hydrogen-bond donors (Lipinski definition) is 0. The van der Waals surface area contributed by atoms with E-state index in [0.717, 1.165) is 17.7 Å².